The quantitative estimate of drug-likeness (QED) is 0.591. The first kappa shape index (κ1) is 8.25. The maximum atomic E-state index is 5.45. The van der Waals surface area contributed by atoms with Crippen LogP contribution in [0.25, 0.3) is 0 Å². The van der Waals surface area contributed by atoms with Gasteiger partial charge in [0, 0.05) is 0 Å². The van der Waals surface area contributed by atoms with Crippen molar-refractivity contribution < 1.29 is 12.3 Å². The van der Waals surface area contributed by atoms with E-state index in [0.29, 0.717) is 0 Å². The summed E-state index contributed by atoms with van der Waals surface area (Å²) in [5.41, 5.74) is 0. The van der Waals surface area contributed by atoms with E-state index in [1.54, 1.807) is 0 Å². The van der Waals surface area contributed by atoms with Gasteiger partial charge in [0.05, 0.1) is 0 Å². The number of hydrogen-bond acceptors (Lipinski definition) is 4. The average molecular weight is 267 g/mol. The molecule has 2 fully saturated rings. The van der Waals surface area contributed by atoms with Crippen LogP contribution in [0, 0.1) is 0 Å². The zero-order valence-electron chi connectivity index (χ0n) is 6.38. The Hall–Kier alpha value is 0.639. The number of hydrogen-bond donors (Lipinski definition) is 0. The molecule has 2 aliphatic heterocycles. The van der Waals surface area contributed by atoms with E-state index >= 15 is 0 Å². The van der Waals surface area contributed by atoms with Gasteiger partial charge in [0.25, 0.3) is 0 Å². The van der Waals surface area contributed by atoms with E-state index in [2.05, 4.69) is 0 Å². The van der Waals surface area contributed by atoms with Crippen LogP contribution in [0.2, 0.25) is 0 Å². The monoisotopic (exact) mass is 268 g/mol. The molecule has 0 radical (unpaired) electrons. The number of rotatable bonds is 0. The third kappa shape index (κ3) is 1.86. The summed E-state index contributed by atoms with van der Waals surface area (Å²) >= 11 is -3.30. The van der Waals surface area contributed by atoms with E-state index in [1.807, 2.05) is 0 Å². The van der Waals surface area contributed by atoms with Crippen LogP contribution in [0.1, 0.15) is 12.8 Å². The maximum absolute atomic E-state index is 5.45. The van der Waals surface area contributed by atoms with Gasteiger partial charge in [-0.25, -0.2) is 0 Å². The standard InChI is InChI=1S/2C3H6O2.Sn/c2*4-2-1-3-5;/h2*1-3H2;/q2*-2;+4. The molecule has 0 saturated carbocycles. The summed E-state index contributed by atoms with van der Waals surface area (Å²) < 4.78 is 21.8. The molecule has 0 aromatic carbocycles. The minimum atomic E-state index is -3.30. The summed E-state index contributed by atoms with van der Waals surface area (Å²) in [6, 6.07) is 0. The molecule has 0 atom stereocenters. The van der Waals surface area contributed by atoms with E-state index in [1.165, 1.54) is 0 Å². The predicted octanol–water partition coefficient (Wildman–Crippen LogP) is 0.296. The zero-order chi connectivity index (χ0) is 7.57. The van der Waals surface area contributed by atoms with Crippen LogP contribution in [0.4, 0.5) is 0 Å². The van der Waals surface area contributed by atoms with Crippen LogP contribution in [-0.2, 0) is 12.3 Å². The van der Waals surface area contributed by atoms with Crippen LogP contribution in [-0.4, -0.2) is 46.5 Å². The van der Waals surface area contributed by atoms with Crippen LogP contribution in [0.15, 0.2) is 0 Å². The Morgan fingerprint density at radius 1 is 0.636 bits per heavy atom. The van der Waals surface area contributed by atoms with Gasteiger partial charge in [-0.05, 0) is 0 Å². The van der Waals surface area contributed by atoms with E-state index in [-0.39, 0.29) is 0 Å². The van der Waals surface area contributed by atoms with Crippen LogP contribution < -0.4 is 0 Å². The van der Waals surface area contributed by atoms with Gasteiger partial charge >= 0.3 is 71.6 Å². The Labute approximate surface area is 71.8 Å². The summed E-state index contributed by atoms with van der Waals surface area (Å²) in [6.45, 7) is 2.98. The summed E-state index contributed by atoms with van der Waals surface area (Å²) in [5, 5.41) is 0. The van der Waals surface area contributed by atoms with E-state index in [0.717, 1.165) is 39.3 Å². The average Bonchev–Trinajstić information content (AvgIpc) is 2.07. The third-order valence-corrected chi connectivity index (χ3v) is 8.06. The van der Waals surface area contributed by atoms with Crippen LogP contribution in [0.5, 0.6) is 0 Å². The molecular weight excluding hydrogens is 255 g/mol. The van der Waals surface area contributed by atoms with Gasteiger partial charge in [-0.15, -0.1) is 0 Å². The van der Waals surface area contributed by atoms with Crippen molar-refractivity contribution >= 4 is 20.0 Å². The molecule has 11 heavy (non-hydrogen) atoms. The fourth-order valence-electron chi connectivity index (χ4n) is 1.16. The van der Waals surface area contributed by atoms with Crippen molar-refractivity contribution in [3.63, 3.8) is 0 Å². The normalized spacial score (nSPS) is 30.5. The van der Waals surface area contributed by atoms with Gasteiger partial charge in [-0.2, -0.15) is 0 Å². The molecule has 64 valence electrons. The molecule has 0 N–H and O–H groups in total. The first-order chi connectivity index (χ1) is 5.41. The molecule has 2 rings (SSSR count). The van der Waals surface area contributed by atoms with Crippen molar-refractivity contribution in [2.24, 2.45) is 0 Å². The van der Waals surface area contributed by atoms with Crippen molar-refractivity contribution in [3.05, 3.63) is 0 Å². The van der Waals surface area contributed by atoms with Gasteiger partial charge in [-0.3, -0.25) is 0 Å². The Kier molecular flexibility index (Phi) is 2.68. The molecule has 2 heterocycles. The predicted molar refractivity (Wildman–Crippen MR) is 38.8 cm³/mol. The molecular formula is C6H12O4Sn. The van der Waals surface area contributed by atoms with Crippen LogP contribution in [0.3, 0.4) is 0 Å². The Bertz CT molecular complexity index is 109. The van der Waals surface area contributed by atoms with Crippen molar-refractivity contribution in [2.45, 2.75) is 12.8 Å². The molecule has 0 amide bonds. The molecule has 0 aromatic rings. The fraction of sp³-hybridized carbons (Fsp3) is 1.00. The molecule has 0 aromatic heterocycles. The first-order valence-electron chi connectivity index (χ1n) is 3.97. The van der Waals surface area contributed by atoms with E-state index in [9.17, 15) is 0 Å². The van der Waals surface area contributed by atoms with Gasteiger partial charge in [0.1, 0.15) is 0 Å². The summed E-state index contributed by atoms with van der Waals surface area (Å²) in [7, 11) is 0. The van der Waals surface area contributed by atoms with E-state index in [4.69, 9.17) is 12.3 Å². The Balaban J connectivity index is 1.94. The minimum absolute atomic E-state index is 0.746. The van der Waals surface area contributed by atoms with Gasteiger partial charge < -0.3 is 0 Å². The van der Waals surface area contributed by atoms with Crippen LogP contribution >= 0.6 is 0 Å². The van der Waals surface area contributed by atoms with Gasteiger partial charge in [-0.1, -0.05) is 0 Å². The molecule has 2 aliphatic rings. The van der Waals surface area contributed by atoms with Gasteiger partial charge in [0.15, 0.2) is 0 Å². The van der Waals surface area contributed by atoms with Crippen molar-refractivity contribution in [1.29, 1.82) is 0 Å². The van der Waals surface area contributed by atoms with E-state index < -0.39 is 20.0 Å². The molecule has 1 spiro atoms. The molecule has 0 bridgehead atoms. The molecule has 2 saturated heterocycles. The second-order valence-corrected chi connectivity index (χ2v) is 8.75. The summed E-state index contributed by atoms with van der Waals surface area (Å²) in [4.78, 5) is 0. The first-order valence-corrected chi connectivity index (χ1v) is 8.63. The second kappa shape index (κ2) is 3.57. The summed E-state index contributed by atoms with van der Waals surface area (Å²) in [5.74, 6) is 0. The van der Waals surface area contributed by atoms with Crippen molar-refractivity contribution in [1.82, 2.24) is 0 Å². The SMILES string of the molecule is C1C[O][Sn]2([O]C1)[O]CCC[O]2. The Morgan fingerprint density at radius 3 is 1.36 bits per heavy atom. The second-order valence-electron chi connectivity index (χ2n) is 2.60. The third-order valence-electron chi connectivity index (χ3n) is 1.69. The van der Waals surface area contributed by atoms with Gasteiger partial charge in [0.2, 0.25) is 0 Å². The Morgan fingerprint density at radius 2 is 1.00 bits per heavy atom. The molecule has 4 nitrogen and oxygen atoms in total. The molecule has 0 unspecified atom stereocenters. The molecule has 5 heteroatoms. The van der Waals surface area contributed by atoms with Crippen molar-refractivity contribution in [3.8, 4) is 0 Å². The zero-order valence-corrected chi connectivity index (χ0v) is 9.23. The fourth-order valence-corrected chi connectivity index (χ4v) is 7.09. The topological polar surface area (TPSA) is 36.9 Å². The van der Waals surface area contributed by atoms with Crippen molar-refractivity contribution in [2.75, 3.05) is 26.4 Å². The summed E-state index contributed by atoms with van der Waals surface area (Å²) in [6.07, 6.45) is 1.93. The molecule has 0 aliphatic carbocycles.